The Morgan fingerprint density at radius 3 is 2.50 bits per heavy atom. The molecular formula is C17H25N5O2. The molecule has 2 aromatic rings. The van der Waals surface area contributed by atoms with Crippen LogP contribution in [0.1, 0.15) is 38.1 Å². The van der Waals surface area contributed by atoms with E-state index in [1.807, 2.05) is 38.3 Å². The molecular weight excluding hydrogens is 306 g/mol. The van der Waals surface area contributed by atoms with Crippen molar-refractivity contribution >= 4 is 23.0 Å². The van der Waals surface area contributed by atoms with Crippen LogP contribution in [0.4, 0.5) is 4.79 Å². The van der Waals surface area contributed by atoms with Gasteiger partial charge in [-0.1, -0.05) is 0 Å². The van der Waals surface area contributed by atoms with Crippen LogP contribution in [-0.2, 0) is 6.54 Å². The number of fused-ring (bicyclic) bond motifs is 1. The number of carbonyl (C=O) groups excluding carboxylic acids is 2. The molecule has 0 spiro atoms. The number of hydrogen-bond acceptors (Lipinski definition) is 3. The van der Waals surface area contributed by atoms with Gasteiger partial charge >= 0.3 is 6.03 Å². The summed E-state index contributed by atoms with van der Waals surface area (Å²) in [6.07, 6.45) is 1.72. The van der Waals surface area contributed by atoms with E-state index in [-0.39, 0.29) is 24.0 Å². The average Bonchev–Trinajstić information content (AvgIpc) is 2.88. The molecule has 0 saturated carbocycles. The topological polar surface area (TPSA) is 88.1 Å². The Labute approximate surface area is 141 Å². The van der Waals surface area contributed by atoms with Crippen molar-refractivity contribution in [1.29, 1.82) is 0 Å². The summed E-state index contributed by atoms with van der Waals surface area (Å²) in [4.78, 5) is 27.9. The third-order valence-electron chi connectivity index (χ3n) is 3.36. The molecule has 0 fully saturated rings. The van der Waals surface area contributed by atoms with E-state index in [9.17, 15) is 9.59 Å². The molecule has 3 amide bonds. The highest BCUT2D eigenvalue weighted by Gasteiger charge is 2.10. The van der Waals surface area contributed by atoms with E-state index < -0.39 is 0 Å². The summed E-state index contributed by atoms with van der Waals surface area (Å²) in [5.74, 6) is -0.103. The van der Waals surface area contributed by atoms with Crippen LogP contribution >= 0.6 is 0 Å². The van der Waals surface area contributed by atoms with Crippen LogP contribution < -0.4 is 16.0 Å². The minimum Gasteiger partial charge on any atom is -0.350 e. The maximum Gasteiger partial charge on any atom is 0.315 e. The first-order chi connectivity index (χ1) is 11.4. The van der Waals surface area contributed by atoms with Gasteiger partial charge in [0.15, 0.2) is 0 Å². The predicted octanol–water partition coefficient (Wildman–Crippen LogP) is 1.88. The van der Waals surface area contributed by atoms with Gasteiger partial charge in [0.2, 0.25) is 0 Å². The lowest BCUT2D eigenvalue weighted by Crippen LogP contribution is -2.40. The van der Waals surface area contributed by atoms with Crippen molar-refractivity contribution in [2.75, 3.05) is 6.54 Å². The molecule has 0 atom stereocenters. The summed E-state index contributed by atoms with van der Waals surface area (Å²) in [5, 5.41) is 8.45. The van der Waals surface area contributed by atoms with Crippen LogP contribution in [0.5, 0.6) is 0 Å². The molecule has 0 unspecified atom stereocenters. The molecule has 1 aromatic heterocycles. The molecule has 0 aliphatic carbocycles. The summed E-state index contributed by atoms with van der Waals surface area (Å²) >= 11 is 0. The first-order valence-corrected chi connectivity index (χ1v) is 8.17. The van der Waals surface area contributed by atoms with E-state index >= 15 is 0 Å². The zero-order valence-corrected chi connectivity index (χ0v) is 14.6. The van der Waals surface area contributed by atoms with Gasteiger partial charge in [-0.3, -0.25) is 4.79 Å². The highest BCUT2D eigenvalue weighted by molar-refractivity contribution is 5.97. The molecule has 0 bridgehead atoms. The van der Waals surface area contributed by atoms with Gasteiger partial charge < -0.3 is 20.5 Å². The molecule has 7 heteroatoms. The van der Waals surface area contributed by atoms with Crippen LogP contribution in [0.25, 0.3) is 11.0 Å². The predicted molar refractivity (Wildman–Crippen MR) is 94.0 cm³/mol. The fraction of sp³-hybridized carbons (Fsp3) is 0.471. The smallest absolute Gasteiger partial charge is 0.315 e. The van der Waals surface area contributed by atoms with Gasteiger partial charge in [-0.15, -0.1) is 0 Å². The molecule has 24 heavy (non-hydrogen) atoms. The van der Waals surface area contributed by atoms with Crippen LogP contribution in [0.2, 0.25) is 0 Å². The van der Waals surface area contributed by atoms with Crippen molar-refractivity contribution in [1.82, 2.24) is 25.5 Å². The fourth-order valence-electron chi connectivity index (χ4n) is 2.33. The number of carbonyl (C=O) groups is 2. The molecule has 2 rings (SSSR count). The zero-order chi connectivity index (χ0) is 17.7. The van der Waals surface area contributed by atoms with Gasteiger partial charge in [-0.25, -0.2) is 9.78 Å². The highest BCUT2D eigenvalue weighted by Crippen LogP contribution is 2.15. The van der Waals surface area contributed by atoms with Crippen LogP contribution in [-0.4, -0.2) is 40.1 Å². The third kappa shape index (κ3) is 4.71. The molecule has 0 radical (unpaired) electrons. The van der Waals surface area contributed by atoms with E-state index in [0.29, 0.717) is 18.7 Å². The molecule has 7 nitrogen and oxygen atoms in total. The Hall–Kier alpha value is -2.57. The lowest BCUT2D eigenvalue weighted by molar-refractivity contribution is 0.0943. The van der Waals surface area contributed by atoms with Crippen molar-refractivity contribution in [2.45, 2.75) is 46.3 Å². The van der Waals surface area contributed by atoms with Gasteiger partial charge in [0.1, 0.15) is 0 Å². The maximum absolute atomic E-state index is 12.0. The zero-order valence-electron chi connectivity index (χ0n) is 14.6. The van der Waals surface area contributed by atoms with Crippen molar-refractivity contribution in [3.63, 3.8) is 0 Å². The maximum atomic E-state index is 12.0. The number of nitrogens with one attached hydrogen (secondary N) is 3. The number of nitrogens with zero attached hydrogens (tertiary/aromatic N) is 2. The second kappa shape index (κ2) is 7.81. The first kappa shape index (κ1) is 17.8. The molecule has 3 N–H and O–H groups in total. The van der Waals surface area contributed by atoms with Gasteiger partial charge in [-0.05, 0) is 45.9 Å². The number of imidazole rings is 1. The first-order valence-electron chi connectivity index (χ1n) is 8.17. The summed E-state index contributed by atoms with van der Waals surface area (Å²) in [5.41, 5.74) is 2.29. The van der Waals surface area contributed by atoms with Crippen LogP contribution in [0, 0.1) is 0 Å². The van der Waals surface area contributed by atoms with E-state index in [2.05, 4.69) is 20.9 Å². The lowest BCUT2D eigenvalue weighted by atomic mass is 10.2. The number of rotatable bonds is 6. The molecule has 0 saturated heterocycles. The second-order valence-electron chi connectivity index (χ2n) is 6.32. The largest absolute Gasteiger partial charge is 0.350 e. The normalized spacial score (nSPS) is 11.1. The number of amides is 3. The Kier molecular flexibility index (Phi) is 5.78. The summed E-state index contributed by atoms with van der Waals surface area (Å²) < 4.78 is 1.95. The van der Waals surface area contributed by atoms with E-state index in [4.69, 9.17) is 0 Å². The highest BCUT2D eigenvalue weighted by atomic mass is 16.2. The van der Waals surface area contributed by atoms with Gasteiger partial charge in [0, 0.05) is 30.7 Å². The summed E-state index contributed by atoms with van der Waals surface area (Å²) in [7, 11) is 0. The SMILES string of the molecule is CC(C)NC(=O)NCCn1cnc2cc(C(=O)NC(C)C)ccc21. The van der Waals surface area contributed by atoms with Crippen molar-refractivity contribution < 1.29 is 9.59 Å². The van der Waals surface area contributed by atoms with Crippen molar-refractivity contribution in [2.24, 2.45) is 0 Å². The monoisotopic (exact) mass is 331 g/mol. The summed E-state index contributed by atoms with van der Waals surface area (Å²) in [6, 6.07) is 5.47. The van der Waals surface area contributed by atoms with E-state index in [0.717, 1.165) is 11.0 Å². The van der Waals surface area contributed by atoms with Crippen LogP contribution in [0.15, 0.2) is 24.5 Å². The molecule has 130 valence electrons. The second-order valence-corrected chi connectivity index (χ2v) is 6.32. The quantitative estimate of drug-likeness (QED) is 0.755. The van der Waals surface area contributed by atoms with Gasteiger partial charge in [0.25, 0.3) is 5.91 Å². The minimum absolute atomic E-state index is 0.0915. The minimum atomic E-state index is -0.179. The summed E-state index contributed by atoms with van der Waals surface area (Å²) in [6.45, 7) is 8.78. The van der Waals surface area contributed by atoms with Crippen molar-refractivity contribution in [3.05, 3.63) is 30.1 Å². The number of benzene rings is 1. The van der Waals surface area contributed by atoms with Gasteiger partial charge in [0.05, 0.1) is 17.4 Å². The van der Waals surface area contributed by atoms with E-state index in [1.54, 1.807) is 18.5 Å². The molecule has 0 aliphatic heterocycles. The van der Waals surface area contributed by atoms with Gasteiger partial charge in [-0.2, -0.15) is 0 Å². The van der Waals surface area contributed by atoms with E-state index in [1.165, 1.54) is 0 Å². The Morgan fingerprint density at radius 1 is 1.12 bits per heavy atom. The van der Waals surface area contributed by atoms with Crippen LogP contribution in [0.3, 0.4) is 0 Å². The standard InChI is InChI=1S/C17H25N5O2/c1-11(2)20-16(23)13-5-6-15-14(9-13)19-10-22(15)8-7-18-17(24)21-12(3)4/h5-6,9-12H,7-8H2,1-4H3,(H,20,23)(H2,18,21,24). The Balaban J connectivity index is 2.00. The lowest BCUT2D eigenvalue weighted by Gasteiger charge is -2.11. The molecule has 1 heterocycles. The fourth-order valence-corrected chi connectivity index (χ4v) is 2.33. The number of hydrogen-bond donors (Lipinski definition) is 3. The molecule has 1 aromatic carbocycles. The van der Waals surface area contributed by atoms with Crippen molar-refractivity contribution in [3.8, 4) is 0 Å². The Morgan fingerprint density at radius 2 is 1.83 bits per heavy atom. The third-order valence-corrected chi connectivity index (χ3v) is 3.36. The average molecular weight is 331 g/mol. The Bertz CT molecular complexity index is 721. The number of urea groups is 1. The molecule has 0 aliphatic rings. The number of aromatic nitrogens is 2.